The Morgan fingerprint density at radius 2 is 1.79 bits per heavy atom. The van der Waals surface area contributed by atoms with Crippen molar-refractivity contribution in [2.75, 3.05) is 65.4 Å². The number of alkyl carbamates (subject to hydrolysis) is 1. The number of nitrogens with one attached hydrogen (secondary N) is 2. The van der Waals surface area contributed by atoms with Gasteiger partial charge in [-0.3, -0.25) is 19.4 Å². The van der Waals surface area contributed by atoms with E-state index >= 15 is 4.79 Å². The maximum Gasteiger partial charge on any atom is 0.407 e. The Bertz CT molecular complexity index is 2680. The van der Waals surface area contributed by atoms with Crippen LogP contribution in [0.1, 0.15) is 80.0 Å². The van der Waals surface area contributed by atoms with Crippen molar-refractivity contribution >= 4 is 34.6 Å². The van der Waals surface area contributed by atoms with Crippen LogP contribution < -0.4 is 15.0 Å². The van der Waals surface area contributed by atoms with Crippen LogP contribution in [-0.2, 0) is 47.7 Å². The molecule has 13 heteroatoms. The van der Waals surface area contributed by atoms with Crippen LogP contribution in [0.3, 0.4) is 0 Å². The molecule has 1 spiro atoms. The van der Waals surface area contributed by atoms with Crippen molar-refractivity contribution in [3.05, 3.63) is 118 Å². The van der Waals surface area contributed by atoms with Crippen molar-refractivity contribution in [2.24, 2.45) is 11.3 Å². The lowest BCUT2D eigenvalue weighted by atomic mass is 9.47. The molecule has 1 unspecified atom stereocenters. The van der Waals surface area contributed by atoms with Crippen molar-refractivity contribution in [1.29, 1.82) is 0 Å². The first-order chi connectivity index (χ1) is 32.3. The largest absolute Gasteiger partial charge is 0.496 e. The highest BCUT2D eigenvalue weighted by Gasteiger charge is 2.78. The fraction of sp³-hybridized carbons (Fsp3) is 0.500. The number of benzene rings is 3. The highest BCUT2D eigenvalue weighted by molar-refractivity contribution is 5.94. The highest BCUT2D eigenvalue weighted by atomic mass is 16.6. The van der Waals surface area contributed by atoms with Crippen LogP contribution in [0, 0.1) is 18.3 Å². The molecular weight excluding hydrogens is 847 g/mol. The number of aliphatic hydroxyl groups is 1. The number of aryl methyl sites for hydroxylation is 1. The first-order valence-electron chi connectivity index (χ1n) is 24.1. The second-order valence-electron chi connectivity index (χ2n) is 20.1. The van der Waals surface area contributed by atoms with E-state index in [2.05, 4.69) is 81.3 Å². The zero-order chi connectivity index (χ0) is 47.0. The monoisotopic (exact) mass is 911 g/mol. The molecule has 2 fully saturated rings. The number of amides is 1. The molecule has 1 amide bonds. The molecule has 1 aliphatic carbocycles. The van der Waals surface area contributed by atoms with Crippen LogP contribution in [0.15, 0.2) is 84.5 Å². The van der Waals surface area contributed by atoms with Gasteiger partial charge in [0.05, 0.1) is 26.8 Å². The molecule has 1 saturated heterocycles. The molecule has 3 N–H and O–H groups in total. The van der Waals surface area contributed by atoms with Gasteiger partial charge in [0.15, 0.2) is 0 Å². The van der Waals surface area contributed by atoms with Gasteiger partial charge in [-0.2, -0.15) is 0 Å². The van der Waals surface area contributed by atoms with Crippen LogP contribution in [0.2, 0.25) is 0 Å². The normalized spacial score (nSPS) is 31.6. The minimum atomic E-state index is -1.85. The zero-order valence-corrected chi connectivity index (χ0v) is 39.9. The lowest BCUT2D eigenvalue weighted by molar-refractivity contribution is -0.217. The number of hydrogen-bond acceptors (Lipinski definition) is 11. The maximum absolute atomic E-state index is 15.5. The number of likely N-dealkylation sites (N-methyl/N-ethyl adjacent to an activating group) is 1. The second-order valence-corrected chi connectivity index (χ2v) is 20.1. The van der Waals surface area contributed by atoms with Crippen LogP contribution >= 0.6 is 0 Å². The summed E-state index contributed by atoms with van der Waals surface area (Å²) < 4.78 is 24.7. The Morgan fingerprint density at radius 1 is 1.00 bits per heavy atom. The van der Waals surface area contributed by atoms with E-state index in [0.29, 0.717) is 43.7 Å². The number of carbonyl (C=O) groups is 3. The third-order valence-electron chi connectivity index (χ3n) is 16.7. The van der Waals surface area contributed by atoms with Crippen LogP contribution in [0.5, 0.6) is 5.75 Å². The highest BCUT2D eigenvalue weighted by Crippen LogP contribution is 2.68. The maximum atomic E-state index is 15.5. The van der Waals surface area contributed by atoms with Gasteiger partial charge in [0.25, 0.3) is 0 Å². The minimum Gasteiger partial charge on any atom is -0.496 e. The molecule has 1 aromatic heterocycles. The Morgan fingerprint density at radius 3 is 2.52 bits per heavy atom. The quantitative estimate of drug-likeness (QED) is 0.0873. The number of fused-ring (bicyclic) bond motifs is 6. The van der Waals surface area contributed by atoms with Crippen LogP contribution in [-0.4, -0.2) is 122 Å². The first-order valence-corrected chi connectivity index (χ1v) is 24.1. The zero-order valence-electron chi connectivity index (χ0n) is 39.9. The summed E-state index contributed by atoms with van der Waals surface area (Å²) in [6, 6.07) is 19.4. The summed E-state index contributed by atoms with van der Waals surface area (Å²) in [7, 11) is 5.11. The van der Waals surface area contributed by atoms with Gasteiger partial charge in [0, 0.05) is 90.9 Å². The fourth-order valence-corrected chi connectivity index (χ4v) is 14.1. The number of esters is 2. The molecule has 3 aromatic carbocycles. The average Bonchev–Trinajstić information content (AvgIpc) is 4.00. The molecule has 1 saturated carbocycles. The summed E-state index contributed by atoms with van der Waals surface area (Å²) in [5.74, 6) is -0.344. The van der Waals surface area contributed by atoms with E-state index in [1.165, 1.54) is 19.6 Å². The van der Waals surface area contributed by atoms with E-state index in [1.54, 1.807) is 7.11 Å². The molecule has 2 bridgehead atoms. The number of ether oxygens (including phenoxy) is 4. The van der Waals surface area contributed by atoms with Gasteiger partial charge in [-0.1, -0.05) is 85.7 Å². The number of anilines is 1. The summed E-state index contributed by atoms with van der Waals surface area (Å²) in [6.45, 7) is 11.4. The second kappa shape index (κ2) is 16.9. The van der Waals surface area contributed by atoms with E-state index in [0.717, 1.165) is 77.0 Å². The van der Waals surface area contributed by atoms with Crippen LogP contribution in [0.25, 0.3) is 10.9 Å². The van der Waals surface area contributed by atoms with Gasteiger partial charge in [-0.05, 0) is 80.3 Å². The van der Waals surface area contributed by atoms with Gasteiger partial charge in [0.2, 0.25) is 0 Å². The van der Waals surface area contributed by atoms with Crippen LogP contribution in [0.4, 0.5) is 10.5 Å². The smallest absolute Gasteiger partial charge is 0.407 e. The number of aromatic nitrogens is 1. The number of H-pyrrole nitrogens is 1. The molecule has 5 aliphatic heterocycles. The number of carbonyl (C=O) groups excluding carboxylic acids is 3. The third-order valence-corrected chi connectivity index (χ3v) is 16.7. The molecule has 10 rings (SSSR count). The SMILES string of the molecule is CCC1=C[C@@H]2CN(CCc3c([nH]c4ccccc34)[C@@](C(=O)OC)(c3cc4c(cc3OC)N(C)[C@H]3[C@@](O)(CNC(=O)OCc5ccc(C)cc5)[C@H](OC(C)=O)[C@]5(CC)C=CCN6CC[C@]43[C@@H]65)C2)C1. The lowest BCUT2D eigenvalue weighted by Gasteiger charge is -2.64. The van der Waals surface area contributed by atoms with E-state index in [1.807, 2.05) is 50.4 Å². The van der Waals surface area contributed by atoms with Crippen molar-refractivity contribution in [1.82, 2.24) is 20.1 Å². The molecule has 0 radical (unpaired) electrons. The number of para-hydroxylation sites is 1. The number of hydrogen-bond donors (Lipinski definition) is 3. The minimum absolute atomic E-state index is 0.0194. The van der Waals surface area contributed by atoms with Crippen molar-refractivity contribution in [3.63, 3.8) is 0 Å². The summed E-state index contributed by atoms with van der Waals surface area (Å²) in [5.41, 5.74) is 3.82. The molecule has 354 valence electrons. The number of methoxy groups -OCH3 is 2. The predicted octanol–water partition coefficient (Wildman–Crippen LogP) is 6.86. The molecule has 67 heavy (non-hydrogen) atoms. The summed E-state index contributed by atoms with van der Waals surface area (Å²) in [5, 5.41) is 18.0. The Labute approximate surface area is 393 Å². The number of rotatable bonds is 10. The topological polar surface area (TPSA) is 146 Å². The van der Waals surface area contributed by atoms with Crippen molar-refractivity contribution in [3.8, 4) is 5.75 Å². The molecule has 13 nitrogen and oxygen atoms in total. The van der Waals surface area contributed by atoms with Gasteiger partial charge in [0.1, 0.15) is 29.5 Å². The molecule has 9 atom stereocenters. The summed E-state index contributed by atoms with van der Waals surface area (Å²) in [4.78, 5) is 53.5. The first kappa shape index (κ1) is 45.2. The number of nitrogens with zero attached hydrogens (tertiary/aromatic N) is 3. The van der Waals surface area contributed by atoms with E-state index in [9.17, 15) is 14.7 Å². The molecular formula is C54H65N5O8. The average molecular weight is 912 g/mol. The summed E-state index contributed by atoms with van der Waals surface area (Å²) in [6.07, 6.45) is 8.21. The third kappa shape index (κ3) is 6.76. The van der Waals surface area contributed by atoms with Gasteiger partial charge < -0.3 is 39.3 Å². The van der Waals surface area contributed by atoms with E-state index in [4.69, 9.17) is 18.9 Å². The van der Waals surface area contributed by atoms with E-state index < -0.39 is 46.1 Å². The number of aromatic amines is 1. The summed E-state index contributed by atoms with van der Waals surface area (Å²) >= 11 is 0. The van der Waals surface area contributed by atoms with E-state index in [-0.39, 0.29) is 31.1 Å². The lowest BCUT2D eigenvalue weighted by Crippen LogP contribution is -2.81. The Kier molecular flexibility index (Phi) is 11.4. The Balaban J connectivity index is 1.18. The molecule has 4 aromatic rings. The predicted molar refractivity (Wildman–Crippen MR) is 256 cm³/mol. The molecule has 6 heterocycles. The van der Waals surface area contributed by atoms with Gasteiger partial charge in [-0.15, -0.1) is 0 Å². The molecule has 6 aliphatic rings. The van der Waals surface area contributed by atoms with Gasteiger partial charge >= 0.3 is 18.0 Å². The van der Waals surface area contributed by atoms with Gasteiger partial charge in [-0.25, -0.2) is 4.79 Å². The van der Waals surface area contributed by atoms with Crippen molar-refractivity contribution in [2.45, 2.75) is 101 Å². The fourth-order valence-electron chi connectivity index (χ4n) is 14.1. The standard InChI is InChI=1S/C54H65N5O8/c1-8-35-25-37-28-53(49(61)65-7,45-39(19-23-58(29-35)30-37)38-13-10-11-14-42(38)56-45)41-26-40-43(27-44(41)64-6)57(5)47-52(40)21-24-59-22-12-20-51(9-2,46(52)59)48(67-34(4)60)54(47,63)32-55-50(62)66-31-36-17-15-33(3)16-18-36/h10-18,20,25-27,37,46-48,56,63H,8-9,19,21-24,28-32H2,1-7H3,(H,55,62)/t37-,46-,47+,48+,51+,52+,53-,54-/m0/s1. The Hall–Kier alpha value is -5.63. The van der Waals surface area contributed by atoms with Crippen molar-refractivity contribution < 1.29 is 38.4 Å².